The van der Waals surface area contributed by atoms with E-state index < -0.39 is 4.92 Å². The molecule has 0 N–H and O–H groups in total. The van der Waals surface area contributed by atoms with Crippen LogP contribution in [0.5, 0.6) is 0 Å². The van der Waals surface area contributed by atoms with Crippen LogP contribution in [-0.4, -0.2) is 4.92 Å². The fraction of sp³-hybridized carbons (Fsp3) is 0.250. The van der Waals surface area contributed by atoms with Crippen molar-refractivity contribution in [1.82, 2.24) is 0 Å². The normalized spacial score (nSPS) is 12.2. The SMILES string of the molecule is Cc1ccc(C(Cl)Cc2ccc([N+](=O)[O-])cc2)cc1C. The second kappa shape index (κ2) is 6.06. The summed E-state index contributed by atoms with van der Waals surface area (Å²) in [5.74, 6) is 0. The van der Waals surface area contributed by atoms with Gasteiger partial charge in [0.2, 0.25) is 0 Å². The van der Waals surface area contributed by atoms with Crippen LogP contribution in [0.25, 0.3) is 0 Å². The first-order valence-electron chi connectivity index (χ1n) is 6.42. The van der Waals surface area contributed by atoms with Gasteiger partial charge in [-0.05, 0) is 42.5 Å². The molecular formula is C16H16ClNO2. The molecule has 3 nitrogen and oxygen atoms in total. The van der Waals surface area contributed by atoms with Gasteiger partial charge < -0.3 is 0 Å². The van der Waals surface area contributed by atoms with E-state index >= 15 is 0 Å². The minimum atomic E-state index is -0.398. The number of alkyl halides is 1. The number of rotatable bonds is 4. The summed E-state index contributed by atoms with van der Waals surface area (Å²) >= 11 is 6.43. The number of nitro benzene ring substituents is 1. The van der Waals surface area contributed by atoms with E-state index in [1.807, 2.05) is 6.07 Å². The molecule has 0 amide bonds. The first kappa shape index (κ1) is 14.5. The van der Waals surface area contributed by atoms with E-state index in [1.165, 1.54) is 23.3 Å². The molecule has 0 radical (unpaired) electrons. The number of hydrogen-bond donors (Lipinski definition) is 0. The third-order valence-electron chi connectivity index (χ3n) is 3.45. The maximum absolute atomic E-state index is 10.6. The van der Waals surface area contributed by atoms with Crippen LogP contribution in [0.2, 0.25) is 0 Å². The van der Waals surface area contributed by atoms with E-state index in [2.05, 4.69) is 26.0 Å². The van der Waals surface area contributed by atoms with Gasteiger partial charge in [0.1, 0.15) is 0 Å². The molecule has 0 bridgehead atoms. The van der Waals surface area contributed by atoms with E-state index in [0.29, 0.717) is 6.42 Å². The molecule has 2 rings (SSSR count). The van der Waals surface area contributed by atoms with E-state index in [0.717, 1.165) is 11.1 Å². The highest BCUT2D eigenvalue weighted by atomic mass is 35.5. The maximum Gasteiger partial charge on any atom is 0.269 e. The average molecular weight is 290 g/mol. The lowest BCUT2D eigenvalue weighted by atomic mass is 10.00. The van der Waals surface area contributed by atoms with E-state index in [4.69, 9.17) is 11.6 Å². The van der Waals surface area contributed by atoms with Crippen LogP contribution in [0, 0.1) is 24.0 Å². The first-order valence-corrected chi connectivity index (χ1v) is 6.85. The number of hydrogen-bond acceptors (Lipinski definition) is 2. The molecule has 0 saturated carbocycles. The van der Waals surface area contributed by atoms with Crippen LogP contribution >= 0.6 is 11.6 Å². The molecule has 2 aromatic rings. The zero-order valence-electron chi connectivity index (χ0n) is 11.5. The summed E-state index contributed by atoms with van der Waals surface area (Å²) in [5.41, 5.74) is 4.64. The number of halogens is 1. The van der Waals surface area contributed by atoms with Crippen molar-refractivity contribution in [1.29, 1.82) is 0 Å². The lowest BCUT2D eigenvalue weighted by Gasteiger charge is -2.12. The van der Waals surface area contributed by atoms with Gasteiger partial charge in [-0.3, -0.25) is 10.1 Å². The molecule has 0 saturated heterocycles. The molecule has 1 unspecified atom stereocenters. The molecule has 2 aromatic carbocycles. The molecule has 0 spiro atoms. The van der Waals surface area contributed by atoms with Gasteiger partial charge in [-0.2, -0.15) is 0 Å². The molecule has 0 aromatic heterocycles. The Hall–Kier alpha value is -1.87. The molecule has 104 valence electrons. The summed E-state index contributed by atoms with van der Waals surface area (Å²) in [7, 11) is 0. The Morgan fingerprint density at radius 1 is 1.10 bits per heavy atom. The first-order chi connectivity index (χ1) is 9.47. The third kappa shape index (κ3) is 3.36. The average Bonchev–Trinajstić information content (AvgIpc) is 2.42. The van der Waals surface area contributed by atoms with Gasteiger partial charge in [0.15, 0.2) is 0 Å². The molecule has 0 aliphatic heterocycles. The number of aryl methyl sites for hydroxylation is 2. The van der Waals surface area contributed by atoms with Gasteiger partial charge in [0, 0.05) is 12.1 Å². The van der Waals surface area contributed by atoms with Crippen molar-refractivity contribution >= 4 is 17.3 Å². The van der Waals surface area contributed by atoms with Crippen LogP contribution in [-0.2, 0) is 6.42 Å². The number of nitro groups is 1. The van der Waals surface area contributed by atoms with Crippen LogP contribution < -0.4 is 0 Å². The van der Waals surface area contributed by atoms with Crippen molar-refractivity contribution in [2.24, 2.45) is 0 Å². The van der Waals surface area contributed by atoms with Gasteiger partial charge in [-0.25, -0.2) is 0 Å². The van der Waals surface area contributed by atoms with Gasteiger partial charge in [0.05, 0.1) is 10.3 Å². The van der Waals surface area contributed by atoms with Gasteiger partial charge in [-0.1, -0.05) is 30.3 Å². The van der Waals surface area contributed by atoms with Gasteiger partial charge in [-0.15, -0.1) is 11.6 Å². The highest BCUT2D eigenvalue weighted by Crippen LogP contribution is 2.27. The van der Waals surface area contributed by atoms with Crippen molar-refractivity contribution in [2.75, 3.05) is 0 Å². The summed E-state index contributed by atoms with van der Waals surface area (Å²) in [6.45, 7) is 4.13. The highest BCUT2D eigenvalue weighted by molar-refractivity contribution is 6.20. The standard InChI is InChI=1S/C16H16ClNO2/c1-11-3-6-14(9-12(11)2)16(17)10-13-4-7-15(8-5-13)18(19)20/h3-9,16H,10H2,1-2H3. The summed E-state index contributed by atoms with van der Waals surface area (Å²) in [6.07, 6.45) is 0.655. The predicted molar refractivity (Wildman–Crippen MR) is 81.3 cm³/mol. The molecule has 0 heterocycles. The molecular weight excluding hydrogens is 274 g/mol. The Kier molecular flexibility index (Phi) is 4.40. The summed E-state index contributed by atoms with van der Waals surface area (Å²) in [6, 6.07) is 12.7. The number of nitrogens with zero attached hydrogens (tertiary/aromatic N) is 1. The highest BCUT2D eigenvalue weighted by Gasteiger charge is 2.11. The Morgan fingerprint density at radius 3 is 2.30 bits per heavy atom. The Balaban J connectivity index is 2.12. The lowest BCUT2D eigenvalue weighted by molar-refractivity contribution is -0.384. The molecule has 0 aliphatic carbocycles. The second-order valence-electron chi connectivity index (χ2n) is 4.94. The van der Waals surface area contributed by atoms with Crippen LogP contribution in [0.15, 0.2) is 42.5 Å². The molecule has 0 aliphatic rings. The minimum Gasteiger partial charge on any atom is -0.258 e. The topological polar surface area (TPSA) is 43.1 Å². The van der Waals surface area contributed by atoms with E-state index in [-0.39, 0.29) is 11.1 Å². The molecule has 4 heteroatoms. The Morgan fingerprint density at radius 2 is 1.75 bits per heavy atom. The van der Waals surface area contributed by atoms with Crippen LogP contribution in [0.1, 0.15) is 27.6 Å². The minimum absolute atomic E-state index is 0.103. The summed E-state index contributed by atoms with van der Waals surface area (Å²) in [4.78, 5) is 10.2. The zero-order chi connectivity index (χ0) is 14.7. The monoisotopic (exact) mass is 289 g/mol. The van der Waals surface area contributed by atoms with Crippen molar-refractivity contribution < 1.29 is 4.92 Å². The van der Waals surface area contributed by atoms with Crippen LogP contribution in [0.4, 0.5) is 5.69 Å². The molecule has 20 heavy (non-hydrogen) atoms. The smallest absolute Gasteiger partial charge is 0.258 e. The van der Waals surface area contributed by atoms with Crippen molar-refractivity contribution in [3.05, 3.63) is 74.8 Å². The Bertz CT molecular complexity index is 623. The van der Waals surface area contributed by atoms with Gasteiger partial charge >= 0.3 is 0 Å². The molecule has 1 atom stereocenters. The maximum atomic E-state index is 10.6. The van der Waals surface area contributed by atoms with Gasteiger partial charge in [0.25, 0.3) is 5.69 Å². The number of benzene rings is 2. The predicted octanol–water partition coefficient (Wildman–Crippen LogP) is 4.73. The number of non-ortho nitro benzene ring substituents is 1. The van der Waals surface area contributed by atoms with E-state index in [1.54, 1.807) is 12.1 Å². The fourth-order valence-electron chi connectivity index (χ4n) is 2.04. The van der Waals surface area contributed by atoms with Crippen molar-refractivity contribution in [3.63, 3.8) is 0 Å². The largest absolute Gasteiger partial charge is 0.269 e. The summed E-state index contributed by atoms with van der Waals surface area (Å²) < 4.78 is 0. The van der Waals surface area contributed by atoms with E-state index in [9.17, 15) is 10.1 Å². The summed E-state index contributed by atoms with van der Waals surface area (Å²) in [5, 5.41) is 10.5. The second-order valence-corrected chi connectivity index (χ2v) is 5.47. The lowest BCUT2D eigenvalue weighted by Crippen LogP contribution is -1.97. The Labute approximate surface area is 123 Å². The van der Waals surface area contributed by atoms with Crippen molar-refractivity contribution in [3.8, 4) is 0 Å². The van der Waals surface area contributed by atoms with Crippen molar-refractivity contribution in [2.45, 2.75) is 25.6 Å². The zero-order valence-corrected chi connectivity index (χ0v) is 12.2. The molecule has 0 fully saturated rings. The fourth-order valence-corrected chi connectivity index (χ4v) is 2.35. The van der Waals surface area contributed by atoms with Crippen LogP contribution in [0.3, 0.4) is 0 Å². The third-order valence-corrected chi connectivity index (χ3v) is 3.86. The quantitative estimate of drug-likeness (QED) is 0.464.